The van der Waals surface area contributed by atoms with E-state index in [2.05, 4.69) is 20.6 Å². The van der Waals surface area contributed by atoms with Crippen LogP contribution in [0, 0.1) is 6.92 Å². The van der Waals surface area contributed by atoms with Gasteiger partial charge in [0.1, 0.15) is 12.0 Å². The minimum atomic E-state index is -3.41. The van der Waals surface area contributed by atoms with Gasteiger partial charge in [0.2, 0.25) is 10.0 Å². The highest BCUT2D eigenvalue weighted by atomic mass is 32.2. The zero-order valence-electron chi connectivity index (χ0n) is 14.8. The molecular weight excluding hydrogens is 360 g/mol. The zero-order chi connectivity index (χ0) is 18.6. The van der Waals surface area contributed by atoms with Crippen LogP contribution in [0.15, 0.2) is 32.4 Å². The number of hydrogen-bond donors (Lipinski definition) is 1. The molecule has 26 heavy (non-hydrogen) atoms. The standard InChI is InChI=1S/C15H22N6O4S/c1-12-9-14(25-18-12)10-17-15(16-2)20-4-6-21(7-5-20)26(22,23)11-13-3-8-24-19-13/h3,8-9H,4-7,10-11H2,1-2H3,(H,16,17). The first-order valence-corrected chi connectivity index (χ1v) is 9.84. The van der Waals surface area contributed by atoms with Crippen LogP contribution < -0.4 is 5.32 Å². The summed E-state index contributed by atoms with van der Waals surface area (Å²) in [5.41, 5.74) is 1.23. The summed E-state index contributed by atoms with van der Waals surface area (Å²) in [5.74, 6) is 1.27. The Hall–Kier alpha value is -2.40. The van der Waals surface area contributed by atoms with Gasteiger partial charge in [-0.25, -0.2) is 8.42 Å². The molecule has 0 bridgehead atoms. The van der Waals surface area contributed by atoms with Crippen LogP contribution in [0.3, 0.4) is 0 Å². The van der Waals surface area contributed by atoms with Crippen molar-refractivity contribution in [1.29, 1.82) is 0 Å². The van der Waals surface area contributed by atoms with E-state index in [9.17, 15) is 8.42 Å². The fraction of sp³-hybridized carbons (Fsp3) is 0.533. The molecule has 11 heteroatoms. The van der Waals surface area contributed by atoms with Gasteiger partial charge in [-0.2, -0.15) is 4.31 Å². The lowest BCUT2D eigenvalue weighted by Crippen LogP contribution is -2.53. The number of aryl methyl sites for hydroxylation is 1. The summed E-state index contributed by atoms with van der Waals surface area (Å²) in [7, 11) is -1.72. The third kappa shape index (κ3) is 4.41. The maximum Gasteiger partial charge on any atom is 0.220 e. The summed E-state index contributed by atoms with van der Waals surface area (Å²) in [5, 5.41) is 10.7. The van der Waals surface area contributed by atoms with Crippen LogP contribution in [0.4, 0.5) is 0 Å². The minimum absolute atomic E-state index is 0.151. The van der Waals surface area contributed by atoms with E-state index in [0.717, 1.165) is 11.5 Å². The first-order chi connectivity index (χ1) is 12.5. The fourth-order valence-corrected chi connectivity index (χ4v) is 4.19. The summed E-state index contributed by atoms with van der Waals surface area (Å²) in [4.78, 5) is 6.28. The topological polar surface area (TPSA) is 117 Å². The van der Waals surface area contributed by atoms with Crippen molar-refractivity contribution < 1.29 is 17.5 Å². The highest BCUT2D eigenvalue weighted by molar-refractivity contribution is 7.88. The molecule has 2 aromatic heterocycles. The highest BCUT2D eigenvalue weighted by Crippen LogP contribution is 2.13. The van der Waals surface area contributed by atoms with Crippen molar-refractivity contribution in [1.82, 2.24) is 24.8 Å². The second kappa shape index (κ2) is 7.87. The van der Waals surface area contributed by atoms with Crippen molar-refractivity contribution in [2.24, 2.45) is 4.99 Å². The summed E-state index contributed by atoms with van der Waals surface area (Å²) < 4.78 is 36.3. The van der Waals surface area contributed by atoms with Crippen molar-refractivity contribution in [3.05, 3.63) is 35.5 Å². The van der Waals surface area contributed by atoms with Gasteiger partial charge in [-0.1, -0.05) is 10.3 Å². The molecule has 10 nitrogen and oxygen atoms in total. The van der Waals surface area contributed by atoms with Crippen molar-refractivity contribution in [2.75, 3.05) is 33.2 Å². The van der Waals surface area contributed by atoms with E-state index in [1.807, 2.05) is 17.9 Å². The summed E-state index contributed by atoms with van der Waals surface area (Å²) in [6, 6.07) is 3.42. The predicted molar refractivity (Wildman–Crippen MR) is 93.7 cm³/mol. The van der Waals surface area contributed by atoms with E-state index in [0.29, 0.717) is 44.4 Å². The third-order valence-electron chi connectivity index (χ3n) is 4.06. The number of aliphatic imine (C=N–C) groups is 1. The van der Waals surface area contributed by atoms with Crippen molar-refractivity contribution >= 4 is 16.0 Å². The molecule has 0 aromatic carbocycles. The second-order valence-corrected chi connectivity index (χ2v) is 7.94. The Bertz CT molecular complexity index is 837. The number of nitrogens with zero attached hydrogens (tertiary/aromatic N) is 5. The molecule has 1 fully saturated rings. The molecule has 0 radical (unpaired) electrons. The first kappa shape index (κ1) is 18.4. The number of piperazine rings is 1. The van der Waals surface area contributed by atoms with E-state index in [4.69, 9.17) is 9.05 Å². The maximum atomic E-state index is 12.5. The number of rotatable bonds is 5. The zero-order valence-corrected chi connectivity index (χ0v) is 15.6. The van der Waals surface area contributed by atoms with Crippen molar-refractivity contribution in [3.63, 3.8) is 0 Å². The molecule has 1 N–H and O–H groups in total. The van der Waals surface area contributed by atoms with Gasteiger partial charge in [-0.15, -0.1) is 0 Å². The van der Waals surface area contributed by atoms with Crippen molar-refractivity contribution in [3.8, 4) is 0 Å². The lowest BCUT2D eigenvalue weighted by atomic mass is 10.3. The Kier molecular flexibility index (Phi) is 5.57. The average molecular weight is 382 g/mol. The molecule has 1 aliphatic heterocycles. The van der Waals surface area contributed by atoms with E-state index < -0.39 is 10.0 Å². The Morgan fingerprint density at radius 3 is 2.65 bits per heavy atom. The second-order valence-electron chi connectivity index (χ2n) is 5.97. The van der Waals surface area contributed by atoms with Gasteiger partial charge in [0.05, 0.1) is 17.9 Å². The van der Waals surface area contributed by atoms with E-state index in [-0.39, 0.29) is 5.75 Å². The number of aromatic nitrogens is 2. The number of sulfonamides is 1. The molecular formula is C15H22N6O4S. The van der Waals surface area contributed by atoms with Gasteiger partial charge in [-0.3, -0.25) is 4.99 Å². The molecule has 3 heterocycles. The summed E-state index contributed by atoms with van der Waals surface area (Å²) in [6.07, 6.45) is 1.37. The molecule has 1 aliphatic rings. The molecule has 2 aromatic rings. The largest absolute Gasteiger partial charge is 0.364 e. The van der Waals surface area contributed by atoms with E-state index in [1.54, 1.807) is 13.1 Å². The lowest BCUT2D eigenvalue weighted by Gasteiger charge is -2.35. The molecule has 0 amide bonds. The van der Waals surface area contributed by atoms with Gasteiger partial charge in [-0.05, 0) is 6.92 Å². The summed E-state index contributed by atoms with van der Waals surface area (Å²) in [6.45, 7) is 4.21. The average Bonchev–Trinajstić information content (AvgIpc) is 3.27. The van der Waals surface area contributed by atoms with Crippen LogP contribution in [0.1, 0.15) is 17.1 Å². The SMILES string of the molecule is CN=C(NCc1cc(C)no1)N1CCN(S(=O)(=O)Cc2ccon2)CC1. The smallest absolute Gasteiger partial charge is 0.220 e. The van der Waals surface area contributed by atoms with Gasteiger partial charge in [0, 0.05) is 45.4 Å². The minimum Gasteiger partial charge on any atom is -0.364 e. The molecule has 3 rings (SSSR count). The van der Waals surface area contributed by atoms with E-state index >= 15 is 0 Å². The van der Waals surface area contributed by atoms with Crippen molar-refractivity contribution in [2.45, 2.75) is 19.2 Å². The van der Waals surface area contributed by atoms with Gasteiger partial charge in [0.25, 0.3) is 0 Å². The van der Waals surface area contributed by atoms with Crippen LogP contribution in [0.2, 0.25) is 0 Å². The number of guanidine groups is 1. The van der Waals surface area contributed by atoms with Crippen LogP contribution in [0.25, 0.3) is 0 Å². The Labute approximate surface area is 151 Å². The number of nitrogens with one attached hydrogen (secondary N) is 1. The van der Waals surface area contributed by atoms with Crippen LogP contribution >= 0.6 is 0 Å². The van der Waals surface area contributed by atoms with E-state index in [1.165, 1.54) is 10.6 Å². The molecule has 0 unspecified atom stereocenters. The Morgan fingerprint density at radius 2 is 2.08 bits per heavy atom. The quantitative estimate of drug-likeness (QED) is 0.575. The molecule has 0 atom stereocenters. The van der Waals surface area contributed by atoms with Gasteiger partial charge >= 0.3 is 0 Å². The molecule has 0 aliphatic carbocycles. The molecule has 0 saturated carbocycles. The maximum absolute atomic E-state index is 12.5. The van der Waals surface area contributed by atoms with Crippen LogP contribution in [-0.4, -0.2) is 67.1 Å². The monoisotopic (exact) mass is 382 g/mol. The molecule has 1 saturated heterocycles. The third-order valence-corrected chi connectivity index (χ3v) is 5.87. The summed E-state index contributed by atoms with van der Waals surface area (Å²) >= 11 is 0. The van der Waals surface area contributed by atoms with Crippen LogP contribution in [0.5, 0.6) is 0 Å². The van der Waals surface area contributed by atoms with Crippen LogP contribution in [-0.2, 0) is 22.3 Å². The number of hydrogen-bond acceptors (Lipinski definition) is 7. The normalized spacial score (nSPS) is 16.8. The molecule has 0 spiro atoms. The lowest BCUT2D eigenvalue weighted by molar-refractivity contribution is 0.259. The van der Waals surface area contributed by atoms with Gasteiger partial charge in [0.15, 0.2) is 11.7 Å². The highest BCUT2D eigenvalue weighted by Gasteiger charge is 2.29. The Balaban J connectivity index is 1.53. The Morgan fingerprint density at radius 1 is 1.31 bits per heavy atom. The predicted octanol–water partition coefficient (Wildman–Crippen LogP) is 0.194. The van der Waals surface area contributed by atoms with Gasteiger partial charge < -0.3 is 19.3 Å². The molecule has 142 valence electrons. The fourth-order valence-electron chi connectivity index (χ4n) is 2.77. The first-order valence-electron chi connectivity index (χ1n) is 8.23.